The summed E-state index contributed by atoms with van der Waals surface area (Å²) in [7, 11) is -3.70. The highest BCUT2D eigenvalue weighted by molar-refractivity contribution is 7.89. The first-order chi connectivity index (χ1) is 14.8. The fourth-order valence-electron chi connectivity index (χ4n) is 3.21. The molecular weight excluding hydrogens is 416 g/mol. The molecule has 0 saturated heterocycles. The first-order valence-corrected chi connectivity index (χ1v) is 11.4. The number of aryl methyl sites for hydroxylation is 1. The summed E-state index contributed by atoms with van der Waals surface area (Å²) in [5.41, 5.74) is 1.29. The number of nitrogens with one attached hydrogen (secondary N) is 2. The van der Waals surface area contributed by atoms with Crippen molar-refractivity contribution in [2.24, 2.45) is 0 Å². The minimum Gasteiger partial charge on any atom is -0.452 e. The lowest BCUT2D eigenvalue weighted by molar-refractivity contribution is -0.119. The van der Waals surface area contributed by atoms with Gasteiger partial charge in [0.1, 0.15) is 0 Å². The summed E-state index contributed by atoms with van der Waals surface area (Å²) >= 11 is 0. The third kappa shape index (κ3) is 4.92. The minimum atomic E-state index is -3.70. The summed E-state index contributed by atoms with van der Waals surface area (Å²) in [5.74, 6) is -1.24. The van der Waals surface area contributed by atoms with Crippen molar-refractivity contribution in [3.63, 3.8) is 0 Å². The normalized spacial score (nSPS) is 13.7. The minimum absolute atomic E-state index is 0.00263. The number of ether oxygens (including phenoxy) is 1. The second-order valence-corrected chi connectivity index (χ2v) is 9.24. The lowest BCUT2D eigenvalue weighted by Gasteiger charge is -2.11. The summed E-state index contributed by atoms with van der Waals surface area (Å²) in [6.45, 7) is 1.19. The van der Waals surface area contributed by atoms with Crippen LogP contribution < -0.4 is 10.0 Å². The Labute approximate surface area is 180 Å². The molecule has 160 valence electrons. The first-order valence-electron chi connectivity index (χ1n) is 9.91. The fraction of sp³-hybridized carbons (Fsp3) is 0.217. The van der Waals surface area contributed by atoms with Crippen molar-refractivity contribution in [2.75, 3.05) is 11.9 Å². The molecule has 1 amide bonds. The maximum Gasteiger partial charge on any atom is 0.338 e. The number of amides is 1. The van der Waals surface area contributed by atoms with Crippen LogP contribution in [0.2, 0.25) is 0 Å². The molecule has 0 aromatic heterocycles. The number of anilines is 1. The number of esters is 1. The summed E-state index contributed by atoms with van der Waals surface area (Å²) in [6.07, 6.45) is 1.62. The predicted octanol–water partition coefficient (Wildman–Crippen LogP) is 3.38. The van der Waals surface area contributed by atoms with Gasteiger partial charge in [-0.15, -0.1) is 0 Å². The molecule has 0 unspecified atom stereocenters. The zero-order valence-electron chi connectivity index (χ0n) is 16.9. The van der Waals surface area contributed by atoms with Crippen molar-refractivity contribution < 1.29 is 22.7 Å². The average molecular weight is 439 g/mol. The number of carbonyl (C=O) groups is 2. The van der Waals surface area contributed by atoms with E-state index in [1.807, 2.05) is 36.4 Å². The van der Waals surface area contributed by atoms with E-state index in [0.717, 1.165) is 23.6 Å². The maximum absolute atomic E-state index is 12.5. The highest BCUT2D eigenvalue weighted by atomic mass is 32.2. The standard InChI is InChI=1S/C23H22N2O5S/c1-15-9-12-18(31(28,29)25-17-10-11-17)13-20(15)23(27)30-14-22(26)24-21-8-4-6-16-5-2-3-7-19(16)21/h2-9,12-13,17,25H,10-11,14H2,1H3,(H,24,26). The van der Waals surface area contributed by atoms with Gasteiger partial charge in [0.25, 0.3) is 5.91 Å². The summed E-state index contributed by atoms with van der Waals surface area (Å²) in [5, 5.41) is 4.60. The zero-order valence-corrected chi connectivity index (χ0v) is 17.7. The van der Waals surface area contributed by atoms with Gasteiger partial charge < -0.3 is 10.1 Å². The highest BCUT2D eigenvalue weighted by Gasteiger charge is 2.28. The Morgan fingerprint density at radius 2 is 1.77 bits per heavy atom. The molecule has 1 aliphatic rings. The Bertz CT molecular complexity index is 1260. The topological polar surface area (TPSA) is 102 Å². The lowest BCUT2D eigenvalue weighted by atomic mass is 10.1. The summed E-state index contributed by atoms with van der Waals surface area (Å²) < 4.78 is 32.6. The smallest absolute Gasteiger partial charge is 0.338 e. The van der Waals surface area contributed by atoms with E-state index in [-0.39, 0.29) is 16.5 Å². The molecule has 0 bridgehead atoms. The Balaban J connectivity index is 1.43. The van der Waals surface area contributed by atoms with Crippen LogP contribution in [0, 0.1) is 6.92 Å². The molecule has 4 rings (SSSR count). The van der Waals surface area contributed by atoms with Gasteiger partial charge in [-0.2, -0.15) is 0 Å². The van der Waals surface area contributed by atoms with Crippen LogP contribution in [0.4, 0.5) is 5.69 Å². The van der Waals surface area contributed by atoms with E-state index in [1.165, 1.54) is 12.1 Å². The van der Waals surface area contributed by atoms with E-state index in [9.17, 15) is 18.0 Å². The Kier molecular flexibility index (Phi) is 5.75. The van der Waals surface area contributed by atoms with Crippen LogP contribution in [-0.2, 0) is 19.6 Å². The van der Waals surface area contributed by atoms with Crippen LogP contribution in [0.15, 0.2) is 65.6 Å². The van der Waals surface area contributed by atoms with Crippen LogP contribution in [0.3, 0.4) is 0 Å². The molecule has 1 aliphatic carbocycles. The van der Waals surface area contributed by atoms with Gasteiger partial charge in [0.15, 0.2) is 6.61 Å². The SMILES string of the molecule is Cc1ccc(S(=O)(=O)NC2CC2)cc1C(=O)OCC(=O)Nc1cccc2ccccc12. The van der Waals surface area contributed by atoms with Crippen LogP contribution in [0.1, 0.15) is 28.8 Å². The molecule has 7 nitrogen and oxygen atoms in total. The van der Waals surface area contributed by atoms with Crippen molar-refractivity contribution in [1.29, 1.82) is 0 Å². The van der Waals surface area contributed by atoms with E-state index in [0.29, 0.717) is 11.3 Å². The van der Waals surface area contributed by atoms with Crippen LogP contribution in [0.25, 0.3) is 10.8 Å². The molecule has 2 N–H and O–H groups in total. The maximum atomic E-state index is 12.5. The van der Waals surface area contributed by atoms with E-state index in [1.54, 1.807) is 19.1 Å². The Morgan fingerprint density at radius 1 is 1.03 bits per heavy atom. The second kappa shape index (κ2) is 8.49. The molecule has 1 fully saturated rings. The van der Waals surface area contributed by atoms with Gasteiger partial charge in [-0.05, 0) is 48.9 Å². The molecule has 0 heterocycles. The molecule has 0 radical (unpaired) electrons. The van der Waals surface area contributed by atoms with Crippen LogP contribution in [0.5, 0.6) is 0 Å². The van der Waals surface area contributed by atoms with Gasteiger partial charge in [0.2, 0.25) is 10.0 Å². The van der Waals surface area contributed by atoms with Gasteiger partial charge in [-0.25, -0.2) is 17.9 Å². The number of hydrogen-bond donors (Lipinski definition) is 2. The molecule has 0 aliphatic heterocycles. The second-order valence-electron chi connectivity index (χ2n) is 7.52. The van der Waals surface area contributed by atoms with Gasteiger partial charge in [-0.3, -0.25) is 4.79 Å². The molecule has 3 aromatic rings. The fourth-order valence-corrected chi connectivity index (χ4v) is 4.54. The van der Waals surface area contributed by atoms with Crippen molar-refractivity contribution in [1.82, 2.24) is 4.72 Å². The number of benzene rings is 3. The first kappa shape index (κ1) is 21.0. The molecule has 31 heavy (non-hydrogen) atoms. The summed E-state index contributed by atoms with van der Waals surface area (Å²) in [6, 6.07) is 17.4. The zero-order chi connectivity index (χ0) is 22.0. The van der Waals surface area contributed by atoms with Crippen LogP contribution >= 0.6 is 0 Å². The quantitative estimate of drug-likeness (QED) is 0.551. The Morgan fingerprint density at radius 3 is 2.55 bits per heavy atom. The monoisotopic (exact) mass is 438 g/mol. The van der Waals surface area contributed by atoms with Gasteiger partial charge in [0, 0.05) is 17.1 Å². The number of carbonyl (C=O) groups excluding carboxylic acids is 2. The summed E-state index contributed by atoms with van der Waals surface area (Å²) in [4.78, 5) is 24.9. The Hall–Kier alpha value is -3.23. The molecular formula is C23H22N2O5S. The number of sulfonamides is 1. The predicted molar refractivity (Wildman–Crippen MR) is 117 cm³/mol. The van der Waals surface area contributed by atoms with Crippen LogP contribution in [-0.4, -0.2) is 32.9 Å². The van der Waals surface area contributed by atoms with Gasteiger partial charge in [0.05, 0.1) is 10.5 Å². The molecule has 3 aromatic carbocycles. The van der Waals surface area contributed by atoms with Crippen molar-refractivity contribution >= 4 is 38.4 Å². The highest BCUT2D eigenvalue weighted by Crippen LogP contribution is 2.24. The largest absolute Gasteiger partial charge is 0.452 e. The molecule has 8 heteroatoms. The third-order valence-corrected chi connectivity index (χ3v) is 6.55. The number of rotatable bonds is 7. The van der Waals surface area contributed by atoms with E-state index < -0.39 is 28.5 Å². The molecule has 1 saturated carbocycles. The van der Waals surface area contributed by atoms with E-state index in [2.05, 4.69) is 10.0 Å². The van der Waals surface area contributed by atoms with Crippen molar-refractivity contribution in [3.8, 4) is 0 Å². The average Bonchev–Trinajstić information content (AvgIpc) is 3.56. The third-order valence-electron chi connectivity index (χ3n) is 5.04. The van der Waals surface area contributed by atoms with E-state index >= 15 is 0 Å². The van der Waals surface area contributed by atoms with Gasteiger partial charge >= 0.3 is 5.97 Å². The molecule has 0 atom stereocenters. The van der Waals surface area contributed by atoms with Crippen molar-refractivity contribution in [2.45, 2.75) is 30.7 Å². The lowest BCUT2D eigenvalue weighted by Crippen LogP contribution is -2.26. The molecule has 0 spiro atoms. The van der Waals surface area contributed by atoms with Gasteiger partial charge in [-0.1, -0.05) is 42.5 Å². The van der Waals surface area contributed by atoms with Crippen molar-refractivity contribution in [3.05, 3.63) is 71.8 Å². The number of fused-ring (bicyclic) bond motifs is 1. The number of hydrogen-bond acceptors (Lipinski definition) is 5. The van der Waals surface area contributed by atoms with E-state index in [4.69, 9.17) is 4.74 Å².